The molecule has 1 saturated carbocycles. The monoisotopic (exact) mass is 485 g/mol. The van der Waals surface area contributed by atoms with Crippen LogP contribution in [0.1, 0.15) is 31.2 Å². The molecule has 1 aliphatic heterocycles. The van der Waals surface area contributed by atoms with E-state index in [1.54, 1.807) is 0 Å². The number of nitrogens with zero attached hydrogens (tertiary/aromatic N) is 3. The Bertz CT molecular complexity index is 1060. The van der Waals surface area contributed by atoms with E-state index >= 15 is 0 Å². The Balaban J connectivity index is 1.41. The molecule has 2 heterocycles. The highest BCUT2D eigenvalue weighted by molar-refractivity contribution is 7.98. The summed E-state index contributed by atoms with van der Waals surface area (Å²) < 4.78 is 62.1. The molecule has 0 bridgehead atoms. The third-order valence-corrected chi connectivity index (χ3v) is 7.76. The molecule has 0 amide bonds. The van der Waals surface area contributed by atoms with Crippen LogP contribution in [-0.2, 0) is 16.0 Å². The lowest BCUT2D eigenvalue weighted by atomic mass is 10.1. The lowest BCUT2D eigenvalue weighted by Crippen LogP contribution is -2.47. The Morgan fingerprint density at radius 2 is 1.88 bits per heavy atom. The van der Waals surface area contributed by atoms with Crippen molar-refractivity contribution in [1.29, 1.82) is 0 Å². The molecule has 2 fully saturated rings. The number of rotatable bonds is 9. The van der Waals surface area contributed by atoms with Gasteiger partial charge in [-0.2, -0.15) is 17.7 Å². The van der Waals surface area contributed by atoms with Crippen LogP contribution in [0.3, 0.4) is 0 Å². The second-order valence-electron chi connectivity index (χ2n) is 7.80. The normalized spacial score (nSPS) is 18.0. The van der Waals surface area contributed by atoms with Crippen LogP contribution in [0.2, 0.25) is 0 Å². The van der Waals surface area contributed by atoms with E-state index in [2.05, 4.69) is 20.0 Å². The molecule has 1 saturated heterocycles. The summed E-state index contributed by atoms with van der Waals surface area (Å²) >= 11 is 1.05. The molecule has 2 N–H and O–H groups in total. The van der Waals surface area contributed by atoms with Crippen LogP contribution in [0, 0.1) is 11.6 Å². The average molecular weight is 486 g/mol. The van der Waals surface area contributed by atoms with Gasteiger partial charge in [-0.15, -0.1) is 0 Å². The van der Waals surface area contributed by atoms with E-state index in [4.69, 9.17) is 4.74 Å². The first-order chi connectivity index (χ1) is 15.3. The first-order valence-corrected chi connectivity index (χ1v) is 12.8. The third-order valence-electron chi connectivity index (χ3n) is 5.36. The number of hydrogen-bond donors (Lipinski definition) is 2. The van der Waals surface area contributed by atoms with E-state index in [0.29, 0.717) is 25.2 Å². The minimum Gasteiger partial charge on any atom is -0.481 e. The summed E-state index contributed by atoms with van der Waals surface area (Å²) in [7, 11) is -2.40. The van der Waals surface area contributed by atoms with Gasteiger partial charge in [0.05, 0.1) is 7.11 Å². The van der Waals surface area contributed by atoms with Gasteiger partial charge in [0.15, 0.2) is 16.8 Å². The van der Waals surface area contributed by atoms with Crippen molar-refractivity contribution in [2.24, 2.45) is 0 Å². The number of piperidine rings is 1. The van der Waals surface area contributed by atoms with E-state index in [9.17, 15) is 17.2 Å². The molecule has 1 aromatic heterocycles. The largest absolute Gasteiger partial charge is 0.481 e. The SMILES string of the molecule is COc1cc(NS(=O)(=O)N2CCC(NC3CC3)CC2)nc(SCc2cccc(F)c2F)n1. The van der Waals surface area contributed by atoms with E-state index in [0.717, 1.165) is 30.7 Å². The molecule has 2 aliphatic rings. The highest BCUT2D eigenvalue weighted by Gasteiger charge is 2.31. The molecule has 4 rings (SSSR count). The molecule has 8 nitrogen and oxygen atoms in total. The number of nitrogens with one attached hydrogen (secondary N) is 2. The summed E-state index contributed by atoms with van der Waals surface area (Å²) in [4.78, 5) is 8.38. The minimum absolute atomic E-state index is 0.0530. The molecular weight excluding hydrogens is 460 g/mol. The Hall–Kier alpha value is -2.02. The van der Waals surface area contributed by atoms with Crippen molar-refractivity contribution in [3.8, 4) is 5.88 Å². The lowest BCUT2D eigenvalue weighted by Gasteiger charge is -2.31. The molecule has 0 spiro atoms. The van der Waals surface area contributed by atoms with Gasteiger partial charge in [-0.3, -0.25) is 4.72 Å². The fourth-order valence-electron chi connectivity index (χ4n) is 3.47. The Morgan fingerprint density at radius 3 is 2.56 bits per heavy atom. The minimum atomic E-state index is -3.80. The average Bonchev–Trinajstić information content (AvgIpc) is 3.58. The Labute approximate surface area is 190 Å². The number of aromatic nitrogens is 2. The fraction of sp³-hybridized carbons (Fsp3) is 0.500. The van der Waals surface area contributed by atoms with Crippen LogP contribution in [0.15, 0.2) is 29.4 Å². The molecular formula is C20H25F2N5O3S2. The molecule has 2 aromatic rings. The number of anilines is 1. The van der Waals surface area contributed by atoms with Gasteiger partial charge < -0.3 is 10.1 Å². The van der Waals surface area contributed by atoms with Crippen LogP contribution < -0.4 is 14.8 Å². The van der Waals surface area contributed by atoms with E-state index < -0.39 is 21.8 Å². The topological polar surface area (TPSA) is 96.5 Å². The zero-order valence-electron chi connectivity index (χ0n) is 17.6. The summed E-state index contributed by atoms with van der Waals surface area (Å²) in [5.74, 6) is -1.57. The van der Waals surface area contributed by atoms with Gasteiger partial charge in [0.2, 0.25) is 5.88 Å². The van der Waals surface area contributed by atoms with Crippen molar-refractivity contribution >= 4 is 27.8 Å². The van der Waals surface area contributed by atoms with Gasteiger partial charge in [-0.1, -0.05) is 23.9 Å². The number of methoxy groups -OCH3 is 1. The standard InChI is InChI=1S/C20H25F2N5O3S2/c1-30-18-11-17(24-20(25-18)31-12-13-3-2-4-16(21)19(13)22)26-32(28,29)27-9-7-15(8-10-27)23-14-5-6-14/h2-4,11,14-15,23H,5-10,12H2,1H3,(H,24,25,26). The maximum atomic E-state index is 13.9. The van der Waals surface area contributed by atoms with Gasteiger partial charge in [0.1, 0.15) is 5.82 Å². The quantitative estimate of drug-likeness (QED) is 0.416. The van der Waals surface area contributed by atoms with Crippen molar-refractivity contribution < 1.29 is 21.9 Å². The first kappa shape index (κ1) is 23.1. The molecule has 12 heteroatoms. The van der Waals surface area contributed by atoms with Crippen molar-refractivity contribution in [3.63, 3.8) is 0 Å². The van der Waals surface area contributed by atoms with Crippen LogP contribution in [0.25, 0.3) is 0 Å². The molecule has 1 aliphatic carbocycles. The summed E-state index contributed by atoms with van der Waals surface area (Å²) in [6.45, 7) is 0.838. The number of halogens is 2. The van der Waals surface area contributed by atoms with Crippen molar-refractivity contribution in [2.45, 2.75) is 48.7 Å². The van der Waals surface area contributed by atoms with Crippen LogP contribution in [0.4, 0.5) is 14.6 Å². The van der Waals surface area contributed by atoms with Gasteiger partial charge in [0, 0.05) is 42.6 Å². The number of hydrogen-bond acceptors (Lipinski definition) is 7. The Kier molecular flexibility index (Phi) is 7.13. The van der Waals surface area contributed by atoms with E-state index in [1.165, 1.54) is 42.5 Å². The van der Waals surface area contributed by atoms with Gasteiger partial charge in [-0.05, 0) is 31.7 Å². The third kappa shape index (κ3) is 5.85. The number of benzene rings is 1. The number of ether oxygens (including phenoxy) is 1. The van der Waals surface area contributed by atoms with Gasteiger partial charge in [0.25, 0.3) is 0 Å². The molecule has 0 unspecified atom stereocenters. The predicted octanol–water partition coefficient (Wildman–Crippen LogP) is 2.93. The van der Waals surface area contributed by atoms with Crippen LogP contribution >= 0.6 is 11.8 Å². The molecule has 0 radical (unpaired) electrons. The summed E-state index contributed by atoms with van der Waals surface area (Å²) in [6.07, 6.45) is 3.90. The molecule has 174 valence electrons. The highest BCUT2D eigenvalue weighted by atomic mass is 32.2. The van der Waals surface area contributed by atoms with Crippen LogP contribution in [-0.4, -0.2) is 55.0 Å². The second kappa shape index (κ2) is 9.86. The smallest absolute Gasteiger partial charge is 0.302 e. The van der Waals surface area contributed by atoms with Crippen molar-refractivity contribution in [1.82, 2.24) is 19.6 Å². The Morgan fingerprint density at radius 1 is 1.16 bits per heavy atom. The fourth-order valence-corrected chi connectivity index (χ4v) is 5.48. The molecule has 1 aromatic carbocycles. The van der Waals surface area contributed by atoms with E-state index in [-0.39, 0.29) is 28.2 Å². The maximum absolute atomic E-state index is 13.9. The summed E-state index contributed by atoms with van der Waals surface area (Å²) in [5.41, 5.74) is 0.159. The van der Waals surface area contributed by atoms with Gasteiger partial charge >= 0.3 is 10.2 Å². The highest BCUT2D eigenvalue weighted by Crippen LogP contribution is 2.27. The van der Waals surface area contributed by atoms with Crippen LogP contribution in [0.5, 0.6) is 5.88 Å². The predicted molar refractivity (Wildman–Crippen MR) is 118 cm³/mol. The second-order valence-corrected chi connectivity index (χ2v) is 10.4. The van der Waals surface area contributed by atoms with Crippen molar-refractivity contribution in [3.05, 3.63) is 41.5 Å². The molecule has 0 atom stereocenters. The van der Waals surface area contributed by atoms with Gasteiger partial charge in [-0.25, -0.2) is 13.8 Å². The lowest BCUT2D eigenvalue weighted by molar-refractivity contribution is 0.289. The zero-order chi connectivity index (χ0) is 22.7. The first-order valence-electron chi connectivity index (χ1n) is 10.4. The summed E-state index contributed by atoms with van der Waals surface area (Å²) in [5, 5.41) is 3.72. The number of thioether (sulfide) groups is 1. The van der Waals surface area contributed by atoms with Crippen molar-refractivity contribution in [2.75, 3.05) is 24.9 Å². The van der Waals surface area contributed by atoms with E-state index in [1.807, 2.05) is 0 Å². The molecule has 32 heavy (non-hydrogen) atoms. The maximum Gasteiger partial charge on any atom is 0.302 e. The summed E-state index contributed by atoms with van der Waals surface area (Å²) in [6, 6.07) is 6.25. The zero-order valence-corrected chi connectivity index (χ0v) is 19.2.